The smallest absolute Gasteiger partial charge is 0.251 e. The molecule has 2 saturated heterocycles. The summed E-state index contributed by atoms with van der Waals surface area (Å²) in [5.74, 6) is 0.224. The Morgan fingerprint density at radius 2 is 2.23 bits per heavy atom. The van der Waals surface area contributed by atoms with E-state index in [9.17, 15) is 4.79 Å². The van der Waals surface area contributed by atoms with E-state index in [0.717, 1.165) is 38.8 Å². The first-order valence-electron chi connectivity index (χ1n) is 5.25. The van der Waals surface area contributed by atoms with Crippen molar-refractivity contribution in [2.75, 3.05) is 13.1 Å². The summed E-state index contributed by atoms with van der Waals surface area (Å²) in [5, 5.41) is 0. The molecule has 2 unspecified atom stereocenters. The summed E-state index contributed by atoms with van der Waals surface area (Å²) in [6, 6.07) is 0. The molecule has 0 aromatic heterocycles. The minimum atomic E-state index is -0.120. The van der Waals surface area contributed by atoms with Gasteiger partial charge in [-0.2, -0.15) is 0 Å². The van der Waals surface area contributed by atoms with Crippen LogP contribution in [0.3, 0.4) is 0 Å². The van der Waals surface area contributed by atoms with E-state index in [0.29, 0.717) is 6.10 Å². The lowest BCUT2D eigenvalue weighted by atomic mass is 10.1. The highest BCUT2D eigenvalue weighted by molar-refractivity contribution is 5.81. The fourth-order valence-corrected chi connectivity index (χ4v) is 1.93. The molecule has 0 bridgehead atoms. The number of hydrogen-bond acceptors (Lipinski definition) is 2. The number of carbonyl (C=O) groups excluding carboxylic acids is 1. The summed E-state index contributed by atoms with van der Waals surface area (Å²) < 4.78 is 5.64. The standard InChI is InChI=1S/C10H17NO2/c1-2-8-4-5-9(13-8)10(12)11-6-3-7-11/h8-9H,2-7H2,1H3. The Morgan fingerprint density at radius 3 is 2.69 bits per heavy atom. The van der Waals surface area contributed by atoms with Crippen molar-refractivity contribution in [2.45, 2.75) is 44.8 Å². The molecule has 74 valence electrons. The zero-order valence-corrected chi connectivity index (χ0v) is 8.16. The molecule has 2 atom stereocenters. The molecule has 3 heteroatoms. The molecule has 2 fully saturated rings. The van der Waals surface area contributed by atoms with Crippen molar-refractivity contribution in [3.63, 3.8) is 0 Å². The van der Waals surface area contributed by atoms with Crippen LogP contribution < -0.4 is 0 Å². The highest BCUT2D eigenvalue weighted by Gasteiger charge is 2.34. The molecule has 0 N–H and O–H groups in total. The number of nitrogens with zero attached hydrogens (tertiary/aromatic N) is 1. The summed E-state index contributed by atoms with van der Waals surface area (Å²) in [6.45, 7) is 3.99. The van der Waals surface area contributed by atoms with E-state index >= 15 is 0 Å². The van der Waals surface area contributed by atoms with Crippen LogP contribution in [0.4, 0.5) is 0 Å². The largest absolute Gasteiger partial charge is 0.365 e. The van der Waals surface area contributed by atoms with Crippen molar-refractivity contribution in [3.05, 3.63) is 0 Å². The molecule has 0 spiro atoms. The van der Waals surface area contributed by atoms with Crippen LogP contribution in [-0.4, -0.2) is 36.1 Å². The fourth-order valence-electron chi connectivity index (χ4n) is 1.93. The van der Waals surface area contributed by atoms with Crippen molar-refractivity contribution in [2.24, 2.45) is 0 Å². The molecular formula is C10H17NO2. The third-order valence-corrected chi connectivity index (χ3v) is 3.01. The maximum atomic E-state index is 11.7. The zero-order chi connectivity index (χ0) is 9.26. The van der Waals surface area contributed by atoms with Gasteiger partial charge in [-0.1, -0.05) is 6.92 Å². The normalized spacial score (nSPS) is 33.2. The summed E-state index contributed by atoms with van der Waals surface area (Å²) in [4.78, 5) is 13.6. The molecule has 2 aliphatic heterocycles. The topological polar surface area (TPSA) is 29.5 Å². The van der Waals surface area contributed by atoms with Gasteiger partial charge in [-0.25, -0.2) is 0 Å². The summed E-state index contributed by atoms with van der Waals surface area (Å²) in [6.07, 6.45) is 4.38. The SMILES string of the molecule is CCC1CCC(C(=O)N2CCC2)O1. The van der Waals surface area contributed by atoms with Crippen molar-refractivity contribution in [1.29, 1.82) is 0 Å². The van der Waals surface area contributed by atoms with Gasteiger partial charge in [0.15, 0.2) is 0 Å². The van der Waals surface area contributed by atoms with Crippen LogP contribution in [0, 0.1) is 0 Å². The summed E-state index contributed by atoms with van der Waals surface area (Å²) >= 11 is 0. The first-order chi connectivity index (χ1) is 6.31. The van der Waals surface area contributed by atoms with Gasteiger partial charge in [0.1, 0.15) is 6.10 Å². The van der Waals surface area contributed by atoms with Crippen LogP contribution in [0.2, 0.25) is 0 Å². The van der Waals surface area contributed by atoms with Gasteiger partial charge in [0, 0.05) is 13.1 Å². The number of hydrogen-bond donors (Lipinski definition) is 0. The van der Waals surface area contributed by atoms with E-state index in [1.807, 2.05) is 4.90 Å². The van der Waals surface area contributed by atoms with Crippen LogP contribution in [0.15, 0.2) is 0 Å². The Morgan fingerprint density at radius 1 is 1.46 bits per heavy atom. The van der Waals surface area contributed by atoms with Gasteiger partial charge >= 0.3 is 0 Å². The van der Waals surface area contributed by atoms with E-state index in [2.05, 4.69) is 6.92 Å². The molecule has 13 heavy (non-hydrogen) atoms. The zero-order valence-electron chi connectivity index (χ0n) is 8.16. The minimum Gasteiger partial charge on any atom is -0.365 e. The van der Waals surface area contributed by atoms with Gasteiger partial charge in [-0.05, 0) is 25.7 Å². The van der Waals surface area contributed by atoms with Crippen LogP contribution in [-0.2, 0) is 9.53 Å². The average molecular weight is 183 g/mol. The molecule has 0 aromatic carbocycles. The lowest BCUT2D eigenvalue weighted by molar-refractivity contribution is -0.146. The molecule has 0 aromatic rings. The number of carbonyl (C=O) groups is 1. The second kappa shape index (κ2) is 3.66. The van der Waals surface area contributed by atoms with Gasteiger partial charge in [-0.3, -0.25) is 4.79 Å². The molecule has 1 amide bonds. The highest BCUT2D eigenvalue weighted by atomic mass is 16.5. The van der Waals surface area contributed by atoms with Gasteiger partial charge in [-0.15, -0.1) is 0 Å². The Kier molecular flexibility index (Phi) is 2.54. The van der Waals surface area contributed by atoms with Gasteiger partial charge < -0.3 is 9.64 Å². The Labute approximate surface area is 79.0 Å². The third-order valence-electron chi connectivity index (χ3n) is 3.01. The summed E-state index contributed by atoms with van der Waals surface area (Å²) in [7, 11) is 0. The average Bonchev–Trinajstić information content (AvgIpc) is 2.48. The number of ether oxygens (including phenoxy) is 1. The van der Waals surface area contributed by atoms with E-state index < -0.39 is 0 Å². The molecule has 3 nitrogen and oxygen atoms in total. The quantitative estimate of drug-likeness (QED) is 0.643. The van der Waals surface area contributed by atoms with Crippen LogP contribution >= 0.6 is 0 Å². The van der Waals surface area contributed by atoms with E-state index in [-0.39, 0.29) is 12.0 Å². The van der Waals surface area contributed by atoms with Crippen molar-refractivity contribution < 1.29 is 9.53 Å². The predicted molar refractivity (Wildman–Crippen MR) is 49.4 cm³/mol. The molecule has 0 radical (unpaired) electrons. The lowest BCUT2D eigenvalue weighted by Crippen LogP contribution is -2.47. The van der Waals surface area contributed by atoms with Crippen molar-refractivity contribution in [3.8, 4) is 0 Å². The first-order valence-corrected chi connectivity index (χ1v) is 5.25. The number of rotatable bonds is 2. The van der Waals surface area contributed by atoms with E-state index in [1.54, 1.807) is 0 Å². The first kappa shape index (κ1) is 9.00. The van der Waals surface area contributed by atoms with Gasteiger partial charge in [0.05, 0.1) is 6.10 Å². The maximum absolute atomic E-state index is 11.7. The fraction of sp³-hybridized carbons (Fsp3) is 0.900. The number of amides is 1. The molecule has 2 heterocycles. The van der Waals surface area contributed by atoms with Crippen molar-refractivity contribution in [1.82, 2.24) is 4.90 Å². The predicted octanol–water partition coefficient (Wildman–Crippen LogP) is 1.18. The lowest BCUT2D eigenvalue weighted by Gasteiger charge is -2.32. The van der Waals surface area contributed by atoms with Crippen LogP contribution in [0.25, 0.3) is 0 Å². The molecule has 2 aliphatic rings. The number of likely N-dealkylation sites (tertiary alicyclic amines) is 1. The second-order valence-electron chi connectivity index (χ2n) is 3.91. The maximum Gasteiger partial charge on any atom is 0.251 e. The molecular weight excluding hydrogens is 166 g/mol. The van der Waals surface area contributed by atoms with Crippen LogP contribution in [0.5, 0.6) is 0 Å². The monoisotopic (exact) mass is 183 g/mol. The highest BCUT2D eigenvalue weighted by Crippen LogP contribution is 2.24. The molecule has 0 aliphatic carbocycles. The van der Waals surface area contributed by atoms with Crippen molar-refractivity contribution >= 4 is 5.91 Å². The third kappa shape index (κ3) is 1.70. The Hall–Kier alpha value is -0.570. The Bertz CT molecular complexity index is 201. The Balaban J connectivity index is 1.84. The van der Waals surface area contributed by atoms with Gasteiger partial charge in [0.25, 0.3) is 5.91 Å². The van der Waals surface area contributed by atoms with Crippen LogP contribution in [0.1, 0.15) is 32.6 Å². The molecule has 2 rings (SSSR count). The van der Waals surface area contributed by atoms with E-state index in [4.69, 9.17) is 4.74 Å². The summed E-state index contributed by atoms with van der Waals surface area (Å²) in [5.41, 5.74) is 0. The van der Waals surface area contributed by atoms with Gasteiger partial charge in [0.2, 0.25) is 0 Å². The second-order valence-corrected chi connectivity index (χ2v) is 3.91. The molecule has 0 saturated carbocycles. The minimum absolute atomic E-state index is 0.120. The van der Waals surface area contributed by atoms with E-state index in [1.165, 1.54) is 0 Å².